The van der Waals surface area contributed by atoms with Crippen molar-refractivity contribution in [3.63, 3.8) is 0 Å². The molecule has 2 aromatic carbocycles. The number of rotatable bonds is 2. The molecule has 0 radical (unpaired) electrons. The van der Waals surface area contributed by atoms with Crippen molar-refractivity contribution in [3.05, 3.63) is 53.1 Å². The molecule has 128 valence electrons. The molecule has 26 heavy (non-hydrogen) atoms. The van der Waals surface area contributed by atoms with Gasteiger partial charge in [0.2, 0.25) is 0 Å². The number of hydrogen-bond donors (Lipinski definition) is 4. The molecule has 0 atom stereocenters. The summed E-state index contributed by atoms with van der Waals surface area (Å²) in [6, 6.07) is 11.0. The number of anilines is 1. The molecule has 6 nitrogen and oxygen atoms in total. The summed E-state index contributed by atoms with van der Waals surface area (Å²) < 4.78 is 0. The van der Waals surface area contributed by atoms with Crippen LogP contribution < -0.4 is 11.1 Å². The number of nitrogens with two attached hydrogens (primary N) is 1. The molecule has 0 fully saturated rings. The zero-order chi connectivity index (χ0) is 18.3. The van der Waals surface area contributed by atoms with Gasteiger partial charge in [-0.15, -0.1) is 0 Å². The highest BCUT2D eigenvalue weighted by Crippen LogP contribution is 2.36. The van der Waals surface area contributed by atoms with Crippen LogP contribution in [0.15, 0.2) is 36.4 Å². The molecule has 0 bridgehead atoms. The Labute approximate surface area is 149 Å². The predicted octanol–water partition coefficient (Wildman–Crippen LogP) is 2.03. The van der Waals surface area contributed by atoms with Gasteiger partial charge in [-0.2, -0.15) is 0 Å². The van der Waals surface area contributed by atoms with Crippen molar-refractivity contribution < 1.29 is 14.7 Å². The first-order valence-corrected chi connectivity index (χ1v) is 8.10. The van der Waals surface area contributed by atoms with Gasteiger partial charge in [0, 0.05) is 28.6 Å². The van der Waals surface area contributed by atoms with Gasteiger partial charge in [-0.3, -0.25) is 14.9 Å². The smallest absolute Gasteiger partial charge is 0.261 e. The summed E-state index contributed by atoms with van der Waals surface area (Å²) in [4.78, 5) is 27.7. The lowest BCUT2D eigenvalue weighted by Gasteiger charge is -2.07. The lowest BCUT2D eigenvalue weighted by molar-refractivity contribution is 0.0880. The van der Waals surface area contributed by atoms with Crippen LogP contribution in [0, 0.1) is 11.8 Å². The highest BCUT2D eigenvalue weighted by atomic mass is 16.2. The minimum absolute atomic E-state index is 0.0289. The van der Waals surface area contributed by atoms with E-state index in [2.05, 4.69) is 22.1 Å². The molecule has 0 unspecified atom stereocenters. The zero-order valence-electron chi connectivity index (χ0n) is 13.7. The summed E-state index contributed by atoms with van der Waals surface area (Å²) in [5.74, 6) is 5.04. The first kappa shape index (κ1) is 15.9. The number of hydrogen-bond acceptors (Lipinski definition) is 4. The lowest BCUT2D eigenvalue weighted by Crippen LogP contribution is -2.20. The van der Waals surface area contributed by atoms with Crippen molar-refractivity contribution in [2.24, 2.45) is 0 Å². The first-order valence-electron chi connectivity index (χ1n) is 8.10. The molecule has 0 saturated heterocycles. The normalized spacial score (nSPS) is 12.7. The van der Waals surface area contributed by atoms with Crippen molar-refractivity contribution in [3.8, 4) is 23.1 Å². The predicted molar refractivity (Wildman–Crippen MR) is 98.5 cm³/mol. The van der Waals surface area contributed by atoms with E-state index in [1.807, 2.05) is 24.3 Å². The third-order valence-corrected chi connectivity index (χ3v) is 4.34. The van der Waals surface area contributed by atoms with Gasteiger partial charge >= 0.3 is 0 Å². The van der Waals surface area contributed by atoms with Crippen LogP contribution in [0.25, 0.3) is 22.2 Å². The van der Waals surface area contributed by atoms with Crippen molar-refractivity contribution >= 4 is 28.4 Å². The fourth-order valence-corrected chi connectivity index (χ4v) is 3.22. The van der Waals surface area contributed by atoms with Crippen molar-refractivity contribution in [2.75, 3.05) is 12.3 Å². The Morgan fingerprint density at radius 3 is 2.62 bits per heavy atom. The third kappa shape index (κ3) is 2.34. The lowest BCUT2D eigenvalue weighted by atomic mass is 9.96. The zero-order valence-corrected chi connectivity index (χ0v) is 13.7. The number of aliphatic hydroxyl groups is 1. The maximum absolute atomic E-state index is 12.3. The summed E-state index contributed by atoms with van der Waals surface area (Å²) in [5.41, 5.74) is 9.42. The number of imide groups is 1. The van der Waals surface area contributed by atoms with Crippen molar-refractivity contribution in [1.82, 2.24) is 10.3 Å². The van der Waals surface area contributed by atoms with Gasteiger partial charge in [-0.05, 0) is 18.2 Å². The second-order valence-electron chi connectivity index (χ2n) is 5.93. The standard InChI is InChI=1S/C20H15N3O3/c21-14-9-8-13(16-17(14)20(26)23-19(16)25)18-12(6-3-4-10-24)11-5-1-2-7-15(11)22-18/h1-2,5,7-9,22,24H,4,10,21H2,(H,23,25,26). The molecule has 1 aliphatic heterocycles. The summed E-state index contributed by atoms with van der Waals surface area (Å²) in [6.45, 7) is -0.0289. The minimum Gasteiger partial charge on any atom is -0.398 e. The largest absolute Gasteiger partial charge is 0.398 e. The van der Waals surface area contributed by atoms with Crippen LogP contribution in [0.3, 0.4) is 0 Å². The summed E-state index contributed by atoms with van der Waals surface area (Å²) in [5, 5.41) is 12.2. The van der Waals surface area contributed by atoms with Gasteiger partial charge in [0.05, 0.1) is 29.0 Å². The summed E-state index contributed by atoms with van der Waals surface area (Å²) in [6.07, 6.45) is 0.345. The van der Waals surface area contributed by atoms with E-state index >= 15 is 0 Å². The van der Waals surface area contributed by atoms with Crippen LogP contribution in [0.2, 0.25) is 0 Å². The van der Waals surface area contributed by atoms with E-state index < -0.39 is 11.8 Å². The van der Waals surface area contributed by atoms with E-state index in [-0.39, 0.29) is 23.4 Å². The van der Waals surface area contributed by atoms with Gasteiger partial charge in [-0.25, -0.2) is 0 Å². The number of fused-ring (bicyclic) bond motifs is 2. The SMILES string of the molecule is Nc1ccc(-c2[nH]c3ccccc3c2C#CCCO)c2c1C(=O)NC2=O. The number of carbonyl (C=O) groups excluding carboxylic acids is 2. The third-order valence-electron chi connectivity index (χ3n) is 4.34. The monoisotopic (exact) mass is 345 g/mol. The molecule has 1 aliphatic rings. The summed E-state index contributed by atoms with van der Waals surface area (Å²) >= 11 is 0. The van der Waals surface area contributed by atoms with Crippen molar-refractivity contribution in [1.29, 1.82) is 0 Å². The van der Waals surface area contributed by atoms with E-state index in [0.717, 1.165) is 10.9 Å². The average Bonchev–Trinajstić information content (AvgIpc) is 3.14. The van der Waals surface area contributed by atoms with E-state index in [1.54, 1.807) is 12.1 Å². The van der Waals surface area contributed by atoms with Crippen LogP contribution in [0.1, 0.15) is 32.7 Å². The number of aliphatic hydroxyl groups excluding tert-OH is 1. The number of nitrogens with one attached hydrogen (secondary N) is 2. The highest BCUT2D eigenvalue weighted by molar-refractivity contribution is 6.26. The molecule has 2 heterocycles. The number of aromatic amines is 1. The fourth-order valence-electron chi connectivity index (χ4n) is 3.22. The van der Waals surface area contributed by atoms with Gasteiger partial charge in [0.15, 0.2) is 0 Å². The second-order valence-corrected chi connectivity index (χ2v) is 5.93. The van der Waals surface area contributed by atoms with E-state index in [1.165, 1.54) is 0 Å². The number of benzene rings is 2. The topological polar surface area (TPSA) is 108 Å². The van der Waals surface area contributed by atoms with Gasteiger partial charge < -0.3 is 15.8 Å². The number of amides is 2. The Morgan fingerprint density at radius 2 is 1.81 bits per heavy atom. The molecule has 2 amide bonds. The molecule has 3 aromatic rings. The number of H-pyrrole nitrogens is 1. The van der Waals surface area contributed by atoms with Crippen LogP contribution in [0.4, 0.5) is 5.69 Å². The highest BCUT2D eigenvalue weighted by Gasteiger charge is 2.33. The Hall–Kier alpha value is -3.56. The maximum atomic E-state index is 12.3. The quantitative estimate of drug-likeness (QED) is 0.324. The van der Waals surface area contributed by atoms with Crippen LogP contribution in [-0.2, 0) is 0 Å². The number of carbonyl (C=O) groups is 2. The van der Waals surface area contributed by atoms with Crippen LogP contribution in [-0.4, -0.2) is 28.5 Å². The molecule has 0 spiro atoms. The Morgan fingerprint density at radius 1 is 1.04 bits per heavy atom. The molecule has 6 heteroatoms. The van der Waals surface area contributed by atoms with E-state index in [0.29, 0.717) is 23.2 Å². The molecule has 0 aliphatic carbocycles. The molecular formula is C20H15N3O3. The molecule has 4 rings (SSSR count). The molecule has 0 saturated carbocycles. The van der Waals surface area contributed by atoms with Gasteiger partial charge in [-0.1, -0.05) is 30.0 Å². The number of aromatic nitrogens is 1. The molecule has 1 aromatic heterocycles. The van der Waals surface area contributed by atoms with Gasteiger partial charge in [0.1, 0.15) is 0 Å². The van der Waals surface area contributed by atoms with E-state index in [9.17, 15) is 9.59 Å². The van der Waals surface area contributed by atoms with Gasteiger partial charge in [0.25, 0.3) is 11.8 Å². The van der Waals surface area contributed by atoms with Crippen LogP contribution in [0.5, 0.6) is 0 Å². The Kier molecular flexibility index (Phi) is 3.72. The minimum atomic E-state index is -0.492. The Balaban J connectivity index is 2.03. The van der Waals surface area contributed by atoms with Crippen molar-refractivity contribution in [2.45, 2.75) is 6.42 Å². The van der Waals surface area contributed by atoms with Crippen LogP contribution >= 0.6 is 0 Å². The first-order chi connectivity index (χ1) is 12.6. The molecular weight excluding hydrogens is 330 g/mol. The fraction of sp³-hybridized carbons (Fsp3) is 0.100. The number of nitrogen functional groups attached to an aromatic ring is 1. The second kappa shape index (κ2) is 6.06. The van der Waals surface area contributed by atoms with E-state index in [4.69, 9.17) is 10.8 Å². The Bertz CT molecular complexity index is 1130. The average molecular weight is 345 g/mol. The molecule has 5 N–H and O–H groups in total. The number of para-hydroxylation sites is 1. The summed E-state index contributed by atoms with van der Waals surface area (Å²) in [7, 11) is 0. The maximum Gasteiger partial charge on any atom is 0.261 e.